The Morgan fingerprint density at radius 2 is 1.57 bits per heavy atom. The molecule has 0 aromatic heterocycles. The summed E-state index contributed by atoms with van der Waals surface area (Å²) in [7, 11) is 0. The van der Waals surface area contributed by atoms with Gasteiger partial charge >= 0.3 is 0 Å². The Labute approximate surface area is 143 Å². The van der Waals surface area contributed by atoms with Crippen molar-refractivity contribution in [3.8, 4) is 0 Å². The van der Waals surface area contributed by atoms with Crippen LogP contribution >= 0.6 is 0 Å². The van der Waals surface area contributed by atoms with E-state index in [1.165, 1.54) is 36.9 Å². The average Bonchev–Trinajstić information content (AvgIpc) is 2.44. The standard InChI is InChI=1S/C22H35N/c1-7-13-23(14-8-2)20-12-10-9-11-19(20)18-15-21(3,4)17-22(5,6)16-18/h9-12,15H,7-8,13-14,16-17H2,1-6H3. The van der Waals surface area contributed by atoms with Crippen molar-refractivity contribution in [2.24, 2.45) is 10.8 Å². The van der Waals surface area contributed by atoms with Gasteiger partial charge in [-0.1, -0.05) is 65.8 Å². The third-order valence-electron chi connectivity index (χ3n) is 4.75. The molecule has 0 radical (unpaired) electrons. The number of nitrogens with zero attached hydrogens (tertiary/aromatic N) is 1. The number of rotatable bonds is 6. The topological polar surface area (TPSA) is 3.24 Å². The SMILES string of the molecule is CCCN(CCC)c1ccccc1C1=CC(C)(C)CC(C)(C)C1. The molecule has 0 saturated heterocycles. The first-order chi connectivity index (χ1) is 10.8. The van der Waals surface area contributed by atoms with Gasteiger partial charge in [0.05, 0.1) is 0 Å². The van der Waals surface area contributed by atoms with Gasteiger partial charge in [-0.15, -0.1) is 0 Å². The van der Waals surface area contributed by atoms with Crippen LogP contribution in [0.3, 0.4) is 0 Å². The normalized spacial score (nSPS) is 19.3. The predicted octanol–water partition coefficient (Wildman–Crippen LogP) is 6.54. The minimum Gasteiger partial charge on any atom is -0.371 e. The maximum Gasteiger partial charge on any atom is 0.0442 e. The lowest BCUT2D eigenvalue weighted by atomic mass is 9.65. The summed E-state index contributed by atoms with van der Waals surface area (Å²) < 4.78 is 0. The third kappa shape index (κ3) is 4.62. The molecule has 1 aliphatic carbocycles. The molecule has 2 rings (SSSR count). The second kappa shape index (κ2) is 7.11. The number of para-hydroxylation sites is 1. The Morgan fingerprint density at radius 3 is 2.13 bits per heavy atom. The van der Waals surface area contributed by atoms with E-state index in [4.69, 9.17) is 0 Å². The third-order valence-corrected chi connectivity index (χ3v) is 4.75. The van der Waals surface area contributed by atoms with E-state index in [2.05, 4.69) is 76.8 Å². The highest BCUT2D eigenvalue weighted by Crippen LogP contribution is 2.48. The van der Waals surface area contributed by atoms with Gasteiger partial charge in [-0.3, -0.25) is 0 Å². The molecule has 0 spiro atoms. The monoisotopic (exact) mass is 313 g/mol. The maximum atomic E-state index is 2.57. The zero-order chi connectivity index (χ0) is 17.1. The van der Waals surface area contributed by atoms with Gasteiger partial charge in [-0.2, -0.15) is 0 Å². The fourth-order valence-corrected chi connectivity index (χ4v) is 4.47. The van der Waals surface area contributed by atoms with Gasteiger partial charge < -0.3 is 4.90 Å². The van der Waals surface area contributed by atoms with Crippen LogP contribution in [0.1, 0.15) is 72.8 Å². The zero-order valence-electron chi connectivity index (χ0n) is 16.1. The van der Waals surface area contributed by atoms with Crippen LogP contribution in [0.2, 0.25) is 0 Å². The highest BCUT2D eigenvalue weighted by Gasteiger charge is 2.34. The van der Waals surface area contributed by atoms with Gasteiger partial charge in [0.15, 0.2) is 0 Å². The number of hydrogen-bond donors (Lipinski definition) is 0. The molecule has 0 aliphatic heterocycles. The van der Waals surface area contributed by atoms with Crippen LogP contribution in [0.5, 0.6) is 0 Å². The van der Waals surface area contributed by atoms with E-state index < -0.39 is 0 Å². The van der Waals surface area contributed by atoms with Gasteiger partial charge in [0, 0.05) is 24.3 Å². The smallest absolute Gasteiger partial charge is 0.0442 e. The van der Waals surface area contributed by atoms with E-state index >= 15 is 0 Å². The highest BCUT2D eigenvalue weighted by atomic mass is 15.1. The highest BCUT2D eigenvalue weighted by molar-refractivity contribution is 5.78. The quantitative estimate of drug-likeness (QED) is 0.576. The molecule has 1 nitrogen and oxygen atoms in total. The van der Waals surface area contributed by atoms with Gasteiger partial charge in [0.2, 0.25) is 0 Å². The molecule has 0 N–H and O–H groups in total. The van der Waals surface area contributed by atoms with Crippen molar-refractivity contribution in [1.82, 2.24) is 0 Å². The predicted molar refractivity (Wildman–Crippen MR) is 104 cm³/mol. The van der Waals surface area contributed by atoms with Crippen molar-refractivity contribution < 1.29 is 0 Å². The second-order valence-corrected chi connectivity index (χ2v) is 8.68. The summed E-state index contributed by atoms with van der Waals surface area (Å²) in [5, 5.41) is 0. The van der Waals surface area contributed by atoms with E-state index in [0.29, 0.717) is 5.41 Å². The molecule has 0 amide bonds. The van der Waals surface area contributed by atoms with E-state index in [-0.39, 0.29) is 5.41 Å². The first-order valence-corrected chi connectivity index (χ1v) is 9.34. The molecule has 0 atom stereocenters. The van der Waals surface area contributed by atoms with Gasteiger partial charge in [-0.25, -0.2) is 0 Å². The number of anilines is 1. The van der Waals surface area contributed by atoms with Crippen LogP contribution in [0, 0.1) is 10.8 Å². The summed E-state index contributed by atoms with van der Waals surface area (Å²) in [6, 6.07) is 9.04. The second-order valence-electron chi connectivity index (χ2n) is 8.68. The van der Waals surface area contributed by atoms with Crippen LogP contribution < -0.4 is 4.90 Å². The molecule has 1 aromatic rings. The first-order valence-electron chi connectivity index (χ1n) is 9.34. The summed E-state index contributed by atoms with van der Waals surface area (Å²) >= 11 is 0. The molecule has 1 aromatic carbocycles. The summed E-state index contributed by atoms with van der Waals surface area (Å²) in [5.74, 6) is 0. The molecule has 128 valence electrons. The van der Waals surface area contributed by atoms with Crippen LogP contribution in [0.25, 0.3) is 5.57 Å². The van der Waals surface area contributed by atoms with Crippen molar-refractivity contribution in [2.75, 3.05) is 18.0 Å². The fourth-order valence-electron chi connectivity index (χ4n) is 4.47. The Hall–Kier alpha value is -1.24. The van der Waals surface area contributed by atoms with Gasteiger partial charge in [-0.05, 0) is 48.2 Å². The molecule has 1 heteroatoms. The van der Waals surface area contributed by atoms with Crippen molar-refractivity contribution >= 4 is 11.3 Å². The molecule has 23 heavy (non-hydrogen) atoms. The largest absolute Gasteiger partial charge is 0.371 e. The number of allylic oxidation sites excluding steroid dienone is 2. The van der Waals surface area contributed by atoms with Crippen molar-refractivity contribution in [2.45, 2.75) is 67.2 Å². The van der Waals surface area contributed by atoms with Crippen molar-refractivity contribution in [3.63, 3.8) is 0 Å². The van der Waals surface area contributed by atoms with E-state index in [1.54, 1.807) is 5.57 Å². The van der Waals surface area contributed by atoms with Crippen molar-refractivity contribution in [1.29, 1.82) is 0 Å². The molecular formula is C22H35N. The lowest BCUT2D eigenvalue weighted by Gasteiger charge is -2.40. The van der Waals surface area contributed by atoms with Crippen LogP contribution in [-0.2, 0) is 0 Å². The summed E-state index contributed by atoms with van der Waals surface area (Å²) in [5.41, 5.74) is 5.08. The number of benzene rings is 1. The summed E-state index contributed by atoms with van der Waals surface area (Å²) in [6.07, 6.45) is 7.38. The van der Waals surface area contributed by atoms with Crippen LogP contribution in [0.15, 0.2) is 30.3 Å². The molecule has 0 saturated carbocycles. The zero-order valence-corrected chi connectivity index (χ0v) is 16.1. The maximum absolute atomic E-state index is 2.57. The van der Waals surface area contributed by atoms with E-state index in [1.807, 2.05) is 0 Å². The Morgan fingerprint density at radius 1 is 0.957 bits per heavy atom. The van der Waals surface area contributed by atoms with E-state index in [0.717, 1.165) is 13.1 Å². The first kappa shape index (κ1) is 18.1. The van der Waals surface area contributed by atoms with Crippen molar-refractivity contribution in [3.05, 3.63) is 35.9 Å². The van der Waals surface area contributed by atoms with Gasteiger partial charge in [0.1, 0.15) is 0 Å². The number of hydrogen-bond acceptors (Lipinski definition) is 1. The fraction of sp³-hybridized carbons (Fsp3) is 0.636. The Kier molecular flexibility index (Phi) is 5.60. The van der Waals surface area contributed by atoms with E-state index in [9.17, 15) is 0 Å². The minimum atomic E-state index is 0.282. The molecule has 0 fully saturated rings. The lowest BCUT2D eigenvalue weighted by molar-refractivity contribution is 0.229. The van der Waals surface area contributed by atoms with Gasteiger partial charge in [0.25, 0.3) is 0 Å². The molecule has 0 unspecified atom stereocenters. The van der Waals surface area contributed by atoms with Crippen LogP contribution in [0.4, 0.5) is 5.69 Å². The molecule has 0 bridgehead atoms. The molecule has 0 heterocycles. The molecular weight excluding hydrogens is 278 g/mol. The average molecular weight is 314 g/mol. The summed E-state index contributed by atoms with van der Waals surface area (Å²) in [6.45, 7) is 16.4. The lowest BCUT2D eigenvalue weighted by Crippen LogP contribution is -2.29. The van der Waals surface area contributed by atoms with Crippen LogP contribution in [-0.4, -0.2) is 13.1 Å². The molecule has 1 aliphatic rings. The Balaban J connectivity index is 2.45. The summed E-state index contributed by atoms with van der Waals surface area (Å²) in [4.78, 5) is 2.57. The Bertz CT molecular complexity index is 545. The minimum absolute atomic E-state index is 0.282.